The number of allylic oxidation sites excluding steroid dienone is 1. The van der Waals surface area contributed by atoms with Gasteiger partial charge in [-0.25, -0.2) is 4.98 Å². The van der Waals surface area contributed by atoms with E-state index in [1.165, 1.54) is 27.4 Å². The smallest absolute Gasteiger partial charge is 0.203 e. The Labute approximate surface area is 185 Å². The number of carbonyl (C=O) groups excluding carboxylic acids is 1. The maximum Gasteiger partial charge on any atom is 0.203 e. The molecule has 1 heterocycles. The van der Waals surface area contributed by atoms with Crippen molar-refractivity contribution in [2.24, 2.45) is 0 Å². The molecule has 0 aliphatic carbocycles. The van der Waals surface area contributed by atoms with Crippen LogP contribution in [0.2, 0.25) is 5.15 Å². The molecule has 0 saturated heterocycles. The van der Waals surface area contributed by atoms with Gasteiger partial charge in [0.2, 0.25) is 5.75 Å². The molecule has 0 saturated carbocycles. The lowest BCUT2D eigenvalue weighted by atomic mass is 10.1. The molecule has 8 heteroatoms. The van der Waals surface area contributed by atoms with Crippen molar-refractivity contribution in [3.63, 3.8) is 0 Å². The van der Waals surface area contributed by atoms with Crippen molar-refractivity contribution in [2.75, 3.05) is 35.5 Å². The predicted octanol–water partition coefficient (Wildman–Crippen LogP) is 4.83. The molecule has 0 aliphatic rings. The number of pyridine rings is 1. The fraction of sp³-hybridized carbons (Fsp3) is 0.217. The van der Waals surface area contributed by atoms with Crippen molar-refractivity contribution in [3.8, 4) is 28.7 Å². The summed E-state index contributed by atoms with van der Waals surface area (Å²) in [4.78, 5) is 17.2. The quantitative estimate of drug-likeness (QED) is 0.280. The zero-order valence-corrected chi connectivity index (χ0v) is 18.6. The van der Waals surface area contributed by atoms with E-state index in [-0.39, 0.29) is 10.9 Å². The van der Waals surface area contributed by atoms with E-state index >= 15 is 0 Å². The fourth-order valence-corrected chi connectivity index (χ4v) is 3.30. The third kappa shape index (κ3) is 4.51. The molecule has 162 valence electrons. The molecule has 0 bridgehead atoms. The van der Waals surface area contributed by atoms with Gasteiger partial charge < -0.3 is 23.7 Å². The van der Waals surface area contributed by atoms with E-state index in [1.807, 2.05) is 6.07 Å². The summed E-state index contributed by atoms with van der Waals surface area (Å²) in [6.07, 6.45) is 3.02. The van der Waals surface area contributed by atoms with Gasteiger partial charge in [-0.3, -0.25) is 4.79 Å². The summed E-state index contributed by atoms with van der Waals surface area (Å²) in [5.74, 6) is 2.07. The van der Waals surface area contributed by atoms with Crippen LogP contribution in [0, 0.1) is 0 Å². The second kappa shape index (κ2) is 9.57. The van der Waals surface area contributed by atoms with Crippen LogP contribution in [-0.4, -0.2) is 46.3 Å². The summed E-state index contributed by atoms with van der Waals surface area (Å²) in [6, 6.07) is 8.55. The van der Waals surface area contributed by atoms with Crippen molar-refractivity contribution < 1.29 is 28.5 Å². The Bertz CT molecular complexity index is 1130. The molecule has 0 N–H and O–H groups in total. The number of benzene rings is 2. The van der Waals surface area contributed by atoms with Crippen LogP contribution in [0.3, 0.4) is 0 Å². The lowest BCUT2D eigenvalue weighted by molar-refractivity contribution is 0.104. The Morgan fingerprint density at radius 3 is 1.94 bits per heavy atom. The second-order valence-electron chi connectivity index (χ2n) is 6.38. The zero-order valence-electron chi connectivity index (χ0n) is 17.8. The molecule has 1 aromatic heterocycles. The largest absolute Gasteiger partial charge is 0.493 e. The SMILES string of the molecule is COc1cc2cc(/C=C/C(=O)c3cc(OC)c(OC)c(OC)c3)c(Cl)nc2cc1OC. The summed E-state index contributed by atoms with van der Waals surface area (Å²) in [5.41, 5.74) is 1.61. The first-order chi connectivity index (χ1) is 14.9. The van der Waals surface area contributed by atoms with Gasteiger partial charge in [-0.2, -0.15) is 0 Å². The van der Waals surface area contributed by atoms with Gasteiger partial charge in [0.05, 0.1) is 41.1 Å². The molecule has 0 spiro atoms. The Morgan fingerprint density at radius 2 is 1.39 bits per heavy atom. The van der Waals surface area contributed by atoms with Gasteiger partial charge in [-0.05, 0) is 36.4 Å². The number of carbonyl (C=O) groups is 1. The lowest BCUT2D eigenvalue weighted by Gasteiger charge is -2.13. The van der Waals surface area contributed by atoms with Crippen molar-refractivity contribution in [1.82, 2.24) is 4.98 Å². The minimum Gasteiger partial charge on any atom is -0.493 e. The number of aromatic nitrogens is 1. The van der Waals surface area contributed by atoms with E-state index in [2.05, 4.69) is 4.98 Å². The number of hydrogen-bond acceptors (Lipinski definition) is 7. The molecule has 3 rings (SSSR count). The van der Waals surface area contributed by atoms with Gasteiger partial charge in [0.1, 0.15) is 5.15 Å². The maximum atomic E-state index is 12.8. The normalized spacial score (nSPS) is 10.9. The average molecular weight is 444 g/mol. The monoisotopic (exact) mass is 443 g/mol. The van der Waals surface area contributed by atoms with Crippen molar-refractivity contribution in [3.05, 3.63) is 52.7 Å². The number of hydrogen-bond donors (Lipinski definition) is 0. The first-order valence-corrected chi connectivity index (χ1v) is 9.58. The number of halogens is 1. The average Bonchev–Trinajstić information content (AvgIpc) is 2.80. The van der Waals surface area contributed by atoms with Crippen LogP contribution in [0.5, 0.6) is 28.7 Å². The topological polar surface area (TPSA) is 76.1 Å². The molecule has 0 aliphatic heterocycles. The first-order valence-electron chi connectivity index (χ1n) is 9.20. The number of nitrogens with zero attached hydrogens (tertiary/aromatic N) is 1. The number of ether oxygens (including phenoxy) is 5. The van der Waals surface area contributed by atoms with E-state index in [0.29, 0.717) is 45.4 Å². The molecule has 7 nitrogen and oxygen atoms in total. The van der Waals surface area contributed by atoms with Crippen LogP contribution in [0.15, 0.2) is 36.4 Å². The highest BCUT2D eigenvalue weighted by Crippen LogP contribution is 2.38. The van der Waals surface area contributed by atoms with Gasteiger partial charge in [0.25, 0.3) is 0 Å². The third-order valence-corrected chi connectivity index (χ3v) is 4.97. The van der Waals surface area contributed by atoms with E-state index < -0.39 is 0 Å². The first kappa shape index (κ1) is 22.2. The van der Waals surface area contributed by atoms with Crippen LogP contribution in [-0.2, 0) is 0 Å². The minimum atomic E-state index is -0.261. The predicted molar refractivity (Wildman–Crippen MR) is 119 cm³/mol. The van der Waals surface area contributed by atoms with Crippen LogP contribution >= 0.6 is 11.6 Å². The molecule has 0 radical (unpaired) electrons. The summed E-state index contributed by atoms with van der Waals surface area (Å²) in [5, 5.41) is 1.05. The number of ketones is 1. The van der Waals surface area contributed by atoms with Crippen molar-refractivity contribution in [1.29, 1.82) is 0 Å². The molecular formula is C23H22ClNO6. The summed E-state index contributed by atoms with van der Waals surface area (Å²) < 4.78 is 26.5. The van der Waals surface area contributed by atoms with E-state index in [0.717, 1.165) is 5.39 Å². The van der Waals surface area contributed by atoms with Crippen LogP contribution in [0.4, 0.5) is 0 Å². The molecule has 0 amide bonds. The van der Waals surface area contributed by atoms with Crippen molar-refractivity contribution >= 4 is 34.4 Å². The Balaban J connectivity index is 1.97. The molecular weight excluding hydrogens is 422 g/mol. The van der Waals surface area contributed by atoms with Crippen LogP contribution in [0.25, 0.3) is 17.0 Å². The maximum absolute atomic E-state index is 12.8. The van der Waals surface area contributed by atoms with Gasteiger partial charge >= 0.3 is 0 Å². The molecule has 2 aromatic carbocycles. The van der Waals surface area contributed by atoms with Gasteiger partial charge in [-0.1, -0.05) is 11.6 Å². The molecule has 31 heavy (non-hydrogen) atoms. The molecule has 0 fully saturated rings. The summed E-state index contributed by atoms with van der Waals surface area (Å²) in [7, 11) is 7.60. The minimum absolute atomic E-state index is 0.258. The van der Waals surface area contributed by atoms with E-state index in [9.17, 15) is 4.79 Å². The fourth-order valence-electron chi connectivity index (χ4n) is 3.10. The van der Waals surface area contributed by atoms with E-state index in [1.54, 1.807) is 44.6 Å². The zero-order chi connectivity index (χ0) is 22.5. The summed E-state index contributed by atoms with van der Waals surface area (Å²) >= 11 is 6.33. The molecule has 0 unspecified atom stereocenters. The molecule has 3 aromatic rings. The van der Waals surface area contributed by atoms with Gasteiger partial charge in [-0.15, -0.1) is 0 Å². The summed E-state index contributed by atoms with van der Waals surface area (Å²) in [6.45, 7) is 0. The van der Waals surface area contributed by atoms with Crippen LogP contribution in [0.1, 0.15) is 15.9 Å². The lowest BCUT2D eigenvalue weighted by Crippen LogP contribution is -2.00. The standard InChI is InChI=1S/C23H22ClNO6/c1-27-18-9-14-8-13(23(24)25-16(14)12-19(18)28-2)6-7-17(26)15-10-20(29-3)22(31-5)21(11-15)30-4/h6-12H,1-5H3/b7-6+. The highest BCUT2D eigenvalue weighted by molar-refractivity contribution is 6.31. The van der Waals surface area contributed by atoms with Gasteiger partial charge in [0.15, 0.2) is 28.8 Å². The van der Waals surface area contributed by atoms with Crippen LogP contribution < -0.4 is 23.7 Å². The van der Waals surface area contributed by atoms with Crippen molar-refractivity contribution in [2.45, 2.75) is 0 Å². The highest BCUT2D eigenvalue weighted by Gasteiger charge is 2.16. The Kier molecular flexibility index (Phi) is 6.87. The third-order valence-electron chi connectivity index (χ3n) is 4.66. The Morgan fingerprint density at radius 1 is 0.806 bits per heavy atom. The Hall–Kier alpha value is -3.45. The number of methoxy groups -OCH3 is 5. The number of fused-ring (bicyclic) bond motifs is 1. The van der Waals surface area contributed by atoms with Gasteiger partial charge in [0, 0.05) is 22.6 Å². The second-order valence-corrected chi connectivity index (χ2v) is 6.74. The molecule has 0 atom stereocenters. The highest BCUT2D eigenvalue weighted by atomic mass is 35.5. The number of rotatable bonds is 8. The van der Waals surface area contributed by atoms with E-state index in [4.69, 9.17) is 35.3 Å².